The van der Waals surface area contributed by atoms with Crippen molar-refractivity contribution in [3.63, 3.8) is 0 Å². The Kier molecular flexibility index (Phi) is 2.99. The van der Waals surface area contributed by atoms with Gasteiger partial charge in [-0.25, -0.2) is 9.78 Å². The van der Waals surface area contributed by atoms with Crippen molar-refractivity contribution in [3.05, 3.63) is 21.2 Å². The number of hydrogen-bond acceptors (Lipinski definition) is 4. The van der Waals surface area contributed by atoms with Crippen LogP contribution in [0.25, 0.3) is 6.08 Å². The first-order chi connectivity index (χ1) is 6.54. The smallest absolute Gasteiger partial charge is 0.346 e. The third-order valence-corrected chi connectivity index (χ3v) is 2.59. The SMILES string of the molecule is Cc1nc(C)c(/C=C(/C#N)C(=O)O)s1. The topological polar surface area (TPSA) is 74.0 Å². The van der Waals surface area contributed by atoms with E-state index >= 15 is 0 Å². The van der Waals surface area contributed by atoms with Crippen molar-refractivity contribution in [2.75, 3.05) is 0 Å². The molecule has 1 heterocycles. The number of hydrogen-bond donors (Lipinski definition) is 1. The molecule has 0 aliphatic carbocycles. The number of rotatable bonds is 2. The van der Waals surface area contributed by atoms with Crippen LogP contribution in [0.15, 0.2) is 5.57 Å². The molecular formula is C9H8N2O2S. The van der Waals surface area contributed by atoms with E-state index in [0.717, 1.165) is 15.6 Å². The lowest BCUT2D eigenvalue weighted by Gasteiger charge is -1.89. The maximum Gasteiger partial charge on any atom is 0.346 e. The molecular weight excluding hydrogens is 200 g/mol. The molecule has 4 nitrogen and oxygen atoms in total. The summed E-state index contributed by atoms with van der Waals surface area (Å²) in [4.78, 5) is 15.4. The first-order valence-electron chi connectivity index (χ1n) is 3.83. The fourth-order valence-electron chi connectivity index (χ4n) is 0.954. The van der Waals surface area contributed by atoms with E-state index in [0.29, 0.717) is 0 Å². The average Bonchev–Trinajstić information content (AvgIpc) is 2.40. The Morgan fingerprint density at radius 1 is 1.64 bits per heavy atom. The predicted octanol–water partition coefficient (Wildman–Crippen LogP) is 1.75. The maximum atomic E-state index is 10.5. The Morgan fingerprint density at radius 3 is 2.64 bits per heavy atom. The molecule has 5 heteroatoms. The van der Waals surface area contributed by atoms with Crippen LogP contribution in [0.3, 0.4) is 0 Å². The molecule has 14 heavy (non-hydrogen) atoms. The molecule has 0 spiro atoms. The van der Waals surface area contributed by atoms with Crippen LogP contribution in [0.2, 0.25) is 0 Å². The summed E-state index contributed by atoms with van der Waals surface area (Å²) in [5.41, 5.74) is 0.484. The monoisotopic (exact) mass is 208 g/mol. The van der Waals surface area contributed by atoms with Crippen molar-refractivity contribution < 1.29 is 9.90 Å². The van der Waals surface area contributed by atoms with Gasteiger partial charge in [-0.15, -0.1) is 11.3 Å². The van der Waals surface area contributed by atoms with Crippen molar-refractivity contribution in [1.82, 2.24) is 4.98 Å². The van der Waals surface area contributed by atoms with Gasteiger partial charge in [0.1, 0.15) is 11.6 Å². The second-order valence-electron chi connectivity index (χ2n) is 2.66. The second-order valence-corrected chi connectivity index (χ2v) is 3.89. The van der Waals surface area contributed by atoms with Gasteiger partial charge in [-0.05, 0) is 19.9 Å². The Balaban J connectivity index is 3.14. The van der Waals surface area contributed by atoms with Crippen molar-refractivity contribution in [3.8, 4) is 6.07 Å². The van der Waals surface area contributed by atoms with E-state index < -0.39 is 5.97 Å². The number of aryl methyl sites for hydroxylation is 2. The Hall–Kier alpha value is -1.67. The highest BCUT2D eigenvalue weighted by Crippen LogP contribution is 2.20. The van der Waals surface area contributed by atoms with Crippen LogP contribution in [0.1, 0.15) is 15.6 Å². The maximum absolute atomic E-state index is 10.5. The fourth-order valence-corrected chi connectivity index (χ4v) is 1.82. The van der Waals surface area contributed by atoms with Gasteiger partial charge in [0, 0.05) is 0 Å². The van der Waals surface area contributed by atoms with Crippen molar-refractivity contribution in [1.29, 1.82) is 5.26 Å². The highest BCUT2D eigenvalue weighted by atomic mass is 32.1. The van der Waals surface area contributed by atoms with Crippen LogP contribution in [-0.2, 0) is 4.79 Å². The van der Waals surface area contributed by atoms with E-state index in [9.17, 15) is 4.79 Å². The van der Waals surface area contributed by atoms with Gasteiger partial charge >= 0.3 is 5.97 Å². The molecule has 0 amide bonds. The zero-order valence-corrected chi connectivity index (χ0v) is 8.55. The molecule has 72 valence electrons. The normalized spacial score (nSPS) is 11.1. The molecule has 0 unspecified atom stereocenters. The number of nitriles is 1. The number of aliphatic carboxylic acids is 1. The zero-order valence-electron chi connectivity index (χ0n) is 7.74. The van der Waals surface area contributed by atoms with Gasteiger partial charge in [0.15, 0.2) is 0 Å². The van der Waals surface area contributed by atoms with Crippen LogP contribution in [0, 0.1) is 25.2 Å². The number of nitrogens with zero attached hydrogens (tertiary/aromatic N) is 2. The lowest BCUT2D eigenvalue weighted by atomic mass is 10.2. The van der Waals surface area contributed by atoms with Crippen LogP contribution >= 0.6 is 11.3 Å². The minimum atomic E-state index is -1.21. The van der Waals surface area contributed by atoms with Gasteiger partial charge < -0.3 is 5.11 Å². The minimum Gasteiger partial charge on any atom is -0.477 e. The molecule has 0 bridgehead atoms. The minimum absolute atomic E-state index is 0.267. The Morgan fingerprint density at radius 2 is 2.29 bits per heavy atom. The number of carboxylic acid groups (broad SMARTS) is 1. The lowest BCUT2D eigenvalue weighted by Crippen LogP contribution is -1.97. The average molecular weight is 208 g/mol. The molecule has 1 rings (SSSR count). The van der Waals surface area contributed by atoms with Crippen molar-refractivity contribution >= 4 is 23.4 Å². The summed E-state index contributed by atoms with van der Waals surface area (Å²) in [7, 11) is 0. The predicted molar refractivity (Wildman–Crippen MR) is 52.8 cm³/mol. The van der Waals surface area contributed by atoms with Crippen LogP contribution < -0.4 is 0 Å². The van der Waals surface area contributed by atoms with Crippen LogP contribution in [0.4, 0.5) is 0 Å². The first kappa shape index (κ1) is 10.4. The van der Waals surface area contributed by atoms with Crippen molar-refractivity contribution in [2.24, 2.45) is 0 Å². The molecule has 0 aliphatic heterocycles. The molecule has 1 aromatic heterocycles. The van der Waals surface area contributed by atoms with E-state index in [1.807, 2.05) is 6.92 Å². The van der Waals surface area contributed by atoms with Gasteiger partial charge in [-0.2, -0.15) is 5.26 Å². The largest absolute Gasteiger partial charge is 0.477 e. The number of carbonyl (C=O) groups is 1. The molecule has 0 atom stereocenters. The molecule has 1 N–H and O–H groups in total. The van der Waals surface area contributed by atoms with Crippen molar-refractivity contribution in [2.45, 2.75) is 13.8 Å². The van der Waals surface area contributed by atoms with Gasteiger partial charge in [-0.1, -0.05) is 0 Å². The van der Waals surface area contributed by atoms with Gasteiger partial charge in [0.25, 0.3) is 0 Å². The summed E-state index contributed by atoms with van der Waals surface area (Å²) >= 11 is 1.37. The van der Waals surface area contributed by atoms with Crippen LogP contribution in [-0.4, -0.2) is 16.1 Å². The summed E-state index contributed by atoms with van der Waals surface area (Å²) in [6, 6.07) is 1.63. The standard InChI is InChI=1S/C9H8N2O2S/c1-5-8(14-6(2)11-5)3-7(4-10)9(12)13/h3H,1-2H3,(H,12,13)/b7-3-. The van der Waals surface area contributed by atoms with Gasteiger partial charge in [-0.3, -0.25) is 0 Å². The highest BCUT2D eigenvalue weighted by molar-refractivity contribution is 7.12. The molecule has 0 saturated heterocycles. The third kappa shape index (κ3) is 2.18. The summed E-state index contributed by atoms with van der Waals surface area (Å²) in [5.74, 6) is -1.21. The lowest BCUT2D eigenvalue weighted by molar-refractivity contribution is -0.132. The first-order valence-corrected chi connectivity index (χ1v) is 4.65. The zero-order chi connectivity index (χ0) is 10.7. The molecule has 0 saturated carbocycles. The quantitative estimate of drug-likeness (QED) is 0.593. The van der Waals surface area contributed by atoms with Gasteiger partial charge in [0.05, 0.1) is 15.6 Å². The molecule has 0 radical (unpaired) electrons. The molecule has 0 aliphatic rings. The number of thiazole rings is 1. The summed E-state index contributed by atoms with van der Waals surface area (Å²) in [5, 5.41) is 18.0. The third-order valence-electron chi connectivity index (χ3n) is 1.57. The second kappa shape index (κ2) is 4.03. The Labute approximate surface area is 85.1 Å². The summed E-state index contributed by atoms with van der Waals surface area (Å²) < 4.78 is 0. The number of aromatic nitrogens is 1. The van der Waals surface area contributed by atoms with E-state index in [1.54, 1.807) is 13.0 Å². The van der Waals surface area contributed by atoms with E-state index in [-0.39, 0.29) is 5.57 Å². The molecule has 1 aromatic rings. The summed E-state index contributed by atoms with van der Waals surface area (Å²) in [6.07, 6.45) is 1.35. The fraction of sp³-hybridized carbons (Fsp3) is 0.222. The van der Waals surface area contributed by atoms with E-state index in [2.05, 4.69) is 4.98 Å². The van der Waals surface area contributed by atoms with E-state index in [4.69, 9.17) is 10.4 Å². The molecule has 0 aromatic carbocycles. The highest BCUT2D eigenvalue weighted by Gasteiger charge is 2.09. The van der Waals surface area contributed by atoms with Gasteiger partial charge in [0.2, 0.25) is 0 Å². The number of carboxylic acids is 1. The molecule has 0 fully saturated rings. The Bertz CT molecular complexity index is 440. The van der Waals surface area contributed by atoms with E-state index in [1.165, 1.54) is 17.4 Å². The van der Waals surface area contributed by atoms with Crippen LogP contribution in [0.5, 0.6) is 0 Å². The summed E-state index contributed by atoms with van der Waals surface area (Å²) in [6.45, 7) is 3.62.